The molecule has 1 heterocycles. The fourth-order valence-electron chi connectivity index (χ4n) is 3.44. The molecule has 0 atom stereocenters. The van der Waals surface area contributed by atoms with E-state index < -0.39 is 10.0 Å². The maximum absolute atomic E-state index is 12.8. The Hall–Kier alpha value is -2.22. The Balaban J connectivity index is 1.63. The Kier molecular flexibility index (Phi) is 6.49. The summed E-state index contributed by atoms with van der Waals surface area (Å²) in [6, 6.07) is 14.5. The third-order valence-corrected chi connectivity index (χ3v) is 6.64. The second-order valence-electron chi connectivity index (χ2n) is 7.08. The molecule has 1 saturated heterocycles. The number of aryl methyl sites for hydroxylation is 1. The largest absolute Gasteiger partial charge is 0.337 e. The van der Waals surface area contributed by atoms with Crippen molar-refractivity contribution in [1.82, 2.24) is 14.5 Å². The van der Waals surface area contributed by atoms with Gasteiger partial charge in [0.25, 0.3) is 5.91 Å². The van der Waals surface area contributed by atoms with Gasteiger partial charge >= 0.3 is 0 Å². The Morgan fingerprint density at radius 1 is 1.00 bits per heavy atom. The standard InChI is InChI=1S/C21H27N3O3S/c1-17-6-3-4-7-19(17)16-23-12-5-13-24(15-14-23)21(25)18-8-10-20(11-9-18)28(26,27)22-2/h3-4,6-11,22H,5,12-16H2,1-2H3. The smallest absolute Gasteiger partial charge is 0.253 e. The highest BCUT2D eigenvalue weighted by Crippen LogP contribution is 2.16. The van der Waals surface area contributed by atoms with Gasteiger partial charge in [-0.15, -0.1) is 0 Å². The van der Waals surface area contributed by atoms with E-state index in [1.165, 1.54) is 30.3 Å². The van der Waals surface area contributed by atoms with E-state index in [0.29, 0.717) is 18.7 Å². The van der Waals surface area contributed by atoms with Crippen LogP contribution in [0, 0.1) is 6.92 Å². The van der Waals surface area contributed by atoms with E-state index in [9.17, 15) is 13.2 Å². The summed E-state index contributed by atoms with van der Waals surface area (Å²) in [7, 11) is -2.12. The van der Waals surface area contributed by atoms with E-state index in [-0.39, 0.29) is 10.8 Å². The van der Waals surface area contributed by atoms with Crippen molar-refractivity contribution in [3.63, 3.8) is 0 Å². The Morgan fingerprint density at radius 2 is 1.71 bits per heavy atom. The number of benzene rings is 2. The van der Waals surface area contributed by atoms with E-state index in [4.69, 9.17) is 0 Å². The highest BCUT2D eigenvalue weighted by Gasteiger charge is 2.21. The minimum atomic E-state index is -3.49. The fraction of sp³-hybridized carbons (Fsp3) is 0.381. The third kappa shape index (κ3) is 4.79. The quantitative estimate of drug-likeness (QED) is 0.834. The van der Waals surface area contributed by atoms with Crippen LogP contribution < -0.4 is 4.72 Å². The molecule has 2 aromatic carbocycles. The van der Waals surface area contributed by atoms with E-state index in [0.717, 1.165) is 26.1 Å². The molecule has 0 radical (unpaired) electrons. The minimum absolute atomic E-state index is 0.0499. The fourth-order valence-corrected chi connectivity index (χ4v) is 4.17. The molecule has 1 aliphatic rings. The molecule has 1 N–H and O–H groups in total. The lowest BCUT2D eigenvalue weighted by Crippen LogP contribution is -2.35. The molecule has 0 aromatic heterocycles. The van der Waals surface area contributed by atoms with Crippen LogP contribution in [0.15, 0.2) is 53.4 Å². The minimum Gasteiger partial charge on any atom is -0.337 e. The summed E-state index contributed by atoms with van der Waals surface area (Å²) in [5, 5.41) is 0. The Labute approximate surface area is 167 Å². The summed E-state index contributed by atoms with van der Waals surface area (Å²) < 4.78 is 25.9. The van der Waals surface area contributed by atoms with Gasteiger partial charge in [0, 0.05) is 38.3 Å². The molecule has 1 amide bonds. The van der Waals surface area contributed by atoms with Gasteiger partial charge in [0.15, 0.2) is 0 Å². The lowest BCUT2D eigenvalue weighted by molar-refractivity contribution is 0.0761. The van der Waals surface area contributed by atoms with Crippen molar-refractivity contribution in [2.45, 2.75) is 24.8 Å². The lowest BCUT2D eigenvalue weighted by Gasteiger charge is -2.22. The summed E-state index contributed by atoms with van der Waals surface area (Å²) >= 11 is 0. The van der Waals surface area contributed by atoms with Crippen molar-refractivity contribution in [3.8, 4) is 0 Å². The van der Waals surface area contributed by atoms with Gasteiger partial charge in [-0.05, 0) is 55.8 Å². The molecule has 1 fully saturated rings. The SMILES string of the molecule is CNS(=O)(=O)c1ccc(C(=O)N2CCCN(Cc3ccccc3C)CC2)cc1. The Bertz CT molecular complexity index is 926. The zero-order valence-electron chi connectivity index (χ0n) is 16.4. The summed E-state index contributed by atoms with van der Waals surface area (Å²) in [6.45, 7) is 6.18. The van der Waals surface area contributed by atoms with Crippen LogP contribution in [0.1, 0.15) is 27.9 Å². The summed E-state index contributed by atoms with van der Waals surface area (Å²) in [6.07, 6.45) is 0.920. The van der Waals surface area contributed by atoms with Gasteiger partial charge in [-0.2, -0.15) is 0 Å². The number of rotatable bonds is 5. The molecule has 0 bridgehead atoms. The van der Waals surface area contributed by atoms with Gasteiger partial charge in [-0.3, -0.25) is 9.69 Å². The maximum Gasteiger partial charge on any atom is 0.253 e. The normalized spacial score (nSPS) is 16.0. The maximum atomic E-state index is 12.8. The van der Waals surface area contributed by atoms with Crippen LogP contribution in [0.2, 0.25) is 0 Å². The summed E-state index contributed by atoms with van der Waals surface area (Å²) in [4.78, 5) is 17.3. The van der Waals surface area contributed by atoms with Crippen molar-refractivity contribution >= 4 is 15.9 Å². The van der Waals surface area contributed by atoms with Crippen LogP contribution in [0.5, 0.6) is 0 Å². The summed E-state index contributed by atoms with van der Waals surface area (Å²) in [5.41, 5.74) is 3.13. The van der Waals surface area contributed by atoms with E-state index in [1.54, 1.807) is 12.1 Å². The highest BCUT2D eigenvalue weighted by atomic mass is 32.2. The zero-order valence-corrected chi connectivity index (χ0v) is 17.2. The number of nitrogens with one attached hydrogen (secondary N) is 1. The molecule has 3 rings (SSSR count). The average Bonchev–Trinajstić information content (AvgIpc) is 2.95. The molecule has 2 aromatic rings. The van der Waals surface area contributed by atoms with Crippen LogP contribution >= 0.6 is 0 Å². The van der Waals surface area contributed by atoms with Gasteiger partial charge in [0.1, 0.15) is 0 Å². The number of carbonyl (C=O) groups excluding carboxylic acids is 1. The first-order valence-electron chi connectivity index (χ1n) is 9.50. The monoisotopic (exact) mass is 401 g/mol. The molecule has 150 valence electrons. The van der Waals surface area contributed by atoms with Crippen LogP contribution in [-0.4, -0.2) is 57.4 Å². The topological polar surface area (TPSA) is 69.7 Å². The van der Waals surface area contributed by atoms with Crippen molar-refractivity contribution in [1.29, 1.82) is 0 Å². The number of amides is 1. The first-order chi connectivity index (χ1) is 13.4. The second kappa shape index (κ2) is 8.86. The molecule has 7 heteroatoms. The van der Waals surface area contributed by atoms with E-state index in [1.807, 2.05) is 4.90 Å². The van der Waals surface area contributed by atoms with Gasteiger partial charge in [0.2, 0.25) is 10.0 Å². The van der Waals surface area contributed by atoms with Crippen LogP contribution in [0.4, 0.5) is 0 Å². The van der Waals surface area contributed by atoms with Crippen molar-refractivity contribution in [2.75, 3.05) is 33.2 Å². The van der Waals surface area contributed by atoms with Crippen molar-refractivity contribution < 1.29 is 13.2 Å². The number of carbonyl (C=O) groups is 1. The summed E-state index contributed by atoms with van der Waals surface area (Å²) in [5.74, 6) is -0.0499. The van der Waals surface area contributed by atoms with Gasteiger partial charge < -0.3 is 4.90 Å². The number of hydrogen-bond donors (Lipinski definition) is 1. The van der Waals surface area contributed by atoms with E-state index in [2.05, 4.69) is 40.8 Å². The van der Waals surface area contributed by atoms with Crippen LogP contribution in [0.3, 0.4) is 0 Å². The second-order valence-corrected chi connectivity index (χ2v) is 8.97. The molecule has 28 heavy (non-hydrogen) atoms. The number of sulfonamides is 1. The lowest BCUT2D eigenvalue weighted by atomic mass is 10.1. The predicted octanol–water partition coefficient (Wildman–Crippen LogP) is 2.25. The molecular formula is C21H27N3O3S. The molecule has 0 saturated carbocycles. The average molecular weight is 402 g/mol. The first-order valence-corrected chi connectivity index (χ1v) is 11.0. The molecule has 0 aliphatic carbocycles. The van der Waals surface area contributed by atoms with Crippen molar-refractivity contribution in [3.05, 3.63) is 65.2 Å². The predicted molar refractivity (Wildman–Crippen MR) is 110 cm³/mol. The highest BCUT2D eigenvalue weighted by molar-refractivity contribution is 7.89. The third-order valence-electron chi connectivity index (χ3n) is 5.21. The van der Waals surface area contributed by atoms with Crippen LogP contribution in [0.25, 0.3) is 0 Å². The van der Waals surface area contributed by atoms with Crippen molar-refractivity contribution in [2.24, 2.45) is 0 Å². The Morgan fingerprint density at radius 3 is 2.39 bits per heavy atom. The van der Waals surface area contributed by atoms with E-state index >= 15 is 0 Å². The molecule has 0 spiro atoms. The molecule has 1 aliphatic heterocycles. The van der Waals surface area contributed by atoms with Crippen LogP contribution in [-0.2, 0) is 16.6 Å². The number of hydrogen-bond acceptors (Lipinski definition) is 4. The number of nitrogens with zero attached hydrogens (tertiary/aromatic N) is 2. The zero-order chi connectivity index (χ0) is 20.1. The molecular weight excluding hydrogens is 374 g/mol. The van der Waals surface area contributed by atoms with Gasteiger partial charge in [-0.1, -0.05) is 24.3 Å². The molecule has 6 nitrogen and oxygen atoms in total. The van der Waals surface area contributed by atoms with Gasteiger partial charge in [-0.25, -0.2) is 13.1 Å². The first kappa shape index (κ1) is 20.5. The van der Waals surface area contributed by atoms with Gasteiger partial charge in [0.05, 0.1) is 4.90 Å². The molecule has 0 unspecified atom stereocenters.